The van der Waals surface area contributed by atoms with Gasteiger partial charge in [0.2, 0.25) is 11.8 Å². The Morgan fingerprint density at radius 3 is 2.20 bits per heavy atom. The van der Waals surface area contributed by atoms with Crippen LogP contribution in [-0.4, -0.2) is 112 Å². The maximum atomic E-state index is 16.4. The van der Waals surface area contributed by atoms with Gasteiger partial charge in [-0.1, -0.05) is 84.6 Å². The minimum absolute atomic E-state index is 0.0159. The number of cyclic esters (lactones) is 1. The number of ether oxygens (including phenoxy) is 5. The van der Waals surface area contributed by atoms with Crippen molar-refractivity contribution in [1.29, 1.82) is 0 Å². The monoisotopic (exact) mass is 948 g/mol. The number of carbonyl (C=O) groups excluding carboxylic acids is 5. The molecule has 360 valence electrons. The lowest BCUT2D eigenvalue weighted by molar-refractivity contribution is -0.177. The average Bonchev–Trinajstić information content (AvgIpc) is 3.84. The van der Waals surface area contributed by atoms with Crippen molar-refractivity contribution < 1.29 is 52.8 Å². The molecule has 0 aromatic heterocycles. The molecule has 17 nitrogen and oxygen atoms in total. The Morgan fingerprint density at radius 1 is 0.829 bits per heavy atom. The summed E-state index contributed by atoms with van der Waals surface area (Å²) < 4.78 is 28.8. The number of benzene rings is 5. The first kappa shape index (κ1) is 47.3. The second-order valence-electron chi connectivity index (χ2n) is 17.0. The van der Waals surface area contributed by atoms with E-state index < -0.39 is 65.5 Å². The summed E-state index contributed by atoms with van der Waals surface area (Å²) in [6.45, 7) is 2.06. The third-order valence-corrected chi connectivity index (χ3v) is 13.1. The van der Waals surface area contributed by atoms with E-state index in [1.807, 2.05) is 77.7 Å². The number of imide groups is 1. The Labute approximate surface area is 404 Å². The molecule has 1 spiro atoms. The number of aliphatic hydroxyl groups excluding tert-OH is 1. The maximum absolute atomic E-state index is 16.4. The molecule has 70 heavy (non-hydrogen) atoms. The quantitative estimate of drug-likeness (QED) is 0.0697. The number of fused-ring (bicyclic) bond motifs is 3. The Morgan fingerprint density at radius 2 is 1.53 bits per heavy atom. The van der Waals surface area contributed by atoms with E-state index in [4.69, 9.17) is 29.4 Å². The van der Waals surface area contributed by atoms with Crippen molar-refractivity contribution in [3.8, 4) is 17.6 Å². The van der Waals surface area contributed by atoms with Gasteiger partial charge < -0.3 is 50.1 Å². The smallest absolute Gasteiger partial charge is 0.421 e. The molecule has 17 heteroatoms. The van der Waals surface area contributed by atoms with E-state index in [2.05, 4.69) is 27.4 Å². The number of nitrogens with two attached hydrogens (primary N) is 1. The summed E-state index contributed by atoms with van der Waals surface area (Å²) in [5.74, 6) is 2.44. The number of carbonyl (C=O) groups is 5. The van der Waals surface area contributed by atoms with Gasteiger partial charge in [0.15, 0.2) is 0 Å². The van der Waals surface area contributed by atoms with Gasteiger partial charge in [-0.15, -0.1) is 0 Å². The van der Waals surface area contributed by atoms with Gasteiger partial charge in [0, 0.05) is 37.1 Å². The molecular weight excluding hydrogens is 897 g/mol. The lowest BCUT2D eigenvalue weighted by Gasteiger charge is -2.46. The zero-order valence-electron chi connectivity index (χ0n) is 38.3. The van der Waals surface area contributed by atoms with Crippen LogP contribution in [0.1, 0.15) is 46.0 Å². The SMILES string of the molecule is COCCOC(=O)N1C(=O)[C@@]2(c3cc(C#CCNC(N)=O)ccc31)[C@H](c1ccc(OCCO)cc1)N1[C@H](c3ccccc3)[C@H](c3ccccc3)OC(=O)[C@H]1[C@@H]2C(=O)Nc1ccc(N2CCOCC2)cc1. The summed E-state index contributed by atoms with van der Waals surface area (Å²) >= 11 is 0. The molecular formula is C53H52N6O11. The molecule has 0 unspecified atom stereocenters. The van der Waals surface area contributed by atoms with Crippen LogP contribution in [0.5, 0.6) is 5.75 Å². The lowest BCUT2D eigenvalue weighted by Crippen LogP contribution is -2.54. The van der Waals surface area contributed by atoms with Crippen LogP contribution in [0.3, 0.4) is 0 Å². The van der Waals surface area contributed by atoms with Crippen molar-refractivity contribution >= 4 is 47.0 Å². The fraction of sp³-hybridized carbons (Fsp3) is 0.302. The van der Waals surface area contributed by atoms with Gasteiger partial charge in [0.25, 0.3) is 0 Å². The van der Waals surface area contributed by atoms with Crippen molar-refractivity contribution in [3.63, 3.8) is 0 Å². The fourth-order valence-corrected chi connectivity index (χ4v) is 10.2. The molecule has 0 radical (unpaired) electrons. The second-order valence-corrected chi connectivity index (χ2v) is 17.0. The first-order valence-corrected chi connectivity index (χ1v) is 23.0. The highest BCUT2D eigenvalue weighted by Crippen LogP contribution is 2.66. The molecule has 4 aliphatic heterocycles. The van der Waals surface area contributed by atoms with Crippen molar-refractivity contribution in [3.05, 3.63) is 155 Å². The summed E-state index contributed by atoms with van der Waals surface area (Å²) in [4.78, 5) is 78.8. The topological polar surface area (TPSA) is 212 Å². The summed E-state index contributed by atoms with van der Waals surface area (Å²) in [7, 11) is 1.45. The highest BCUT2D eigenvalue weighted by molar-refractivity contribution is 6.24. The Bertz CT molecular complexity index is 2780. The number of primary amides is 1. The van der Waals surface area contributed by atoms with Crippen LogP contribution in [0.25, 0.3) is 0 Å². The van der Waals surface area contributed by atoms with E-state index >= 15 is 14.4 Å². The Balaban J connectivity index is 1.31. The molecule has 3 fully saturated rings. The van der Waals surface area contributed by atoms with Crippen molar-refractivity contribution in [2.45, 2.75) is 29.6 Å². The number of amides is 5. The Kier molecular flexibility index (Phi) is 14.1. The van der Waals surface area contributed by atoms with E-state index in [0.717, 1.165) is 16.2 Å². The molecule has 9 rings (SSSR count). The van der Waals surface area contributed by atoms with E-state index in [1.165, 1.54) is 7.11 Å². The number of esters is 1. The highest BCUT2D eigenvalue weighted by atomic mass is 16.6. The lowest BCUT2D eigenvalue weighted by atomic mass is 9.65. The van der Waals surface area contributed by atoms with E-state index in [-0.39, 0.29) is 44.2 Å². The molecule has 0 bridgehead atoms. The third-order valence-electron chi connectivity index (χ3n) is 13.1. The predicted octanol–water partition coefficient (Wildman–Crippen LogP) is 5.00. The normalized spacial score (nSPS) is 22.6. The first-order valence-electron chi connectivity index (χ1n) is 23.0. The van der Waals surface area contributed by atoms with Crippen LogP contribution in [0, 0.1) is 17.8 Å². The molecule has 5 N–H and O–H groups in total. The standard InChI is InChI=1S/C53H52N6O11/c1-66-31-32-69-52(65)58-42-23-14-34(9-8-24-55-51(54)64)33-41(42)53(50(58)63)43(48(61)56-38-17-19-39(20-18-38)57-25-28-67-29-26-57)45-49(62)70-46(36-12-6-3-7-13-36)44(35-10-4-2-5-11-35)59(45)47(53)37-15-21-40(22-16-37)68-30-27-60/h2-7,10-23,33,43-47,60H,24-32H2,1H3,(H,56,61)(H3,54,55,64)/t43-,44-,45-,46+,47+,53-/m1/s1. The van der Waals surface area contributed by atoms with Crippen LogP contribution in [0.2, 0.25) is 0 Å². The van der Waals surface area contributed by atoms with E-state index in [1.54, 1.807) is 54.6 Å². The fourth-order valence-electron chi connectivity index (χ4n) is 10.2. The molecule has 4 aliphatic rings. The number of nitrogens with zero attached hydrogens (tertiary/aromatic N) is 3. The number of nitrogens with one attached hydrogen (secondary N) is 2. The van der Waals surface area contributed by atoms with E-state index in [9.17, 15) is 14.7 Å². The van der Waals surface area contributed by atoms with Crippen molar-refractivity contribution in [2.75, 3.05) is 81.5 Å². The zero-order chi connectivity index (χ0) is 48.8. The van der Waals surface area contributed by atoms with Crippen LogP contribution in [0.4, 0.5) is 26.7 Å². The van der Waals surface area contributed by atoms with Crippen molar-refractivity contribution in [2.24, 2.45) is 11.7 Å². The maximum Gasteiger partial charge on any atom is 0.421 e. The molecule has 0 saturated carbocycles. The summed E-state index contributed by atoms with van der Waals surface area (Å²) in [5, 5.41) is 15.1. The van der Waals surface area contributed by atoms with Gasteiger partial charge in [0.1, 0.15) is 36.5 Å². The van der Waals surface area contributed by atoms with Gasteiger partial charge >= 0.3 is 18.1 Å². The first-order chi connectivity index (χ1) is 34.1. The number of urea groups is 1. The minimum atomic E-state index is -2.10. The number of hydrogen-bond acceptors (Lipinski definition) is 13. The molecule has 5 amide bonds. The van der Waals surface area contributed by atoms with E-state index in [0.29, 0.717) is 54.4 Å². The number of morpholine rings is 2. The summed E-state index contributed by atoms with van der Waals surface area (Å²) in [5.41, 5.74) is 7.11. The predicted molar refractivity (Wildman–Crippen MR) is 257 cm³/mol. The van der Waals surface area contributed by atoms with Gasteiger partial charge in [-0.05, 0) is 76.9 Å². The molecule has 0 aliphatic carbocycles. The number of anilines is 3. The van der Waals surface area contributed by atoms with Gasteiger partial charge in [-0.2, -0.15) is 0 Å². The second kappa shape index (κ2) is 20.9. The van der Waals surface area contributed by atoms with Gasteiger partial charge in [-0.25, -0.2) is 14.5 Å². The number of methoxy groups -OCH3 is 1. The summed E-state index contributed by atoms with van der Waals surface area (Å²) in [6.07, 6.45) is -1.97. The average molecular weight is 949 g/mol. The number of hydrogen-bond donors (Lipinski definition) is 4. The van der Waals surface area contributed by atoms with Crippen LogP contribution in [0.15, 0.2) is 127 Å². The zero-order valence-corrected chi connectivity index (χ0v) is 38.3. The molecule has 4 heterocycles. The highest BCUT2D eigenvalue weighted by Gasteiger charge is 2.75. The number of rotatable bonds is 13. The summed E-state index contributed by atoms with van der Waals surface area (Å²) in [6, 6.07) is 33.4. The van der Waals surface area contributed by atoms with Gasteiger partial charge in [0.05, 0.1) is 56.7 Å². The van der Waals surface area contributed by atoms with Crippen LogP contribution < -0.4 is 30.9 Å². The molecule has 6 atom stereocenters. The largest absolute Gasteiger partial charge is 0.491 e. The van der Waals surface area contributed by atoms with Crippen LogP contribution >= 0.6 is 0 Å². The van der Waals surface area contributed by atoms with Crippen molar-refractivity contribution in [1.82, 2.24) is 10.2 Å². The third kappa shape index (κ3) is 9.01. The molecule has 5 aromatic carbocycles. The van der Waals surface area contributed by atoms with Crippen LogP contribution in [-0.2, 0) is 38.7 Å². The van der Waals surface area contributed by atoms with Gasteiger partial charge in [-0.3, -0.25) is 19.3 Å². The minimum Gasteiger partial charge on any atom is -0.491 e. The Hall–Kier alpha value is -7.75. The molecule has 5 aromatic rings. The molecule has 3 saturated heterocycles. The number of aliphatic hydroxyl groups is 1.